The van der Waals surface area contributed by atoms with Crippen molar-refractivity contribution in [3.05, 3.63) is 141 Å². The molecule has 1 unspecified atom stereocenters. The van der Waals surface area contributed by atoms with Crippen molar-refractivity contribution in [1.82, 2.24) is 9.80 Å². The lowest BCUT2D eigenvalue weighted by molar-refractivity contribution is -0.118. The van der Waals surface area contributed by atoms with E-state index in [9.17, 15) is 23.6 Å². The van der Waals surface area contributed by atoms with E-state index in [1.165, 1.54) is 13.0 Å². The third kappa shape index (κ3) is 14.7. The molecule has 6 aromatic rings. The highest BCUT2D eigenvalue weighted by atomic mass is 35.5. The van der Waals surface area contributed by atoms with Gasteiger partial charge in [-0.1, -0.05) is 73.4 Å². The van der Waals surface area contributed by atoms with Gasteiger partial charge in [0.1, 0.15) is 0 Å². The van der Waals surface area contributed by atoms with Gasteiger partial charge in [0, 0.05) is 81.4 Å². The van der Waals surface area contributed by atoms with Crippen molar-refractivity contribution < 1.29 is 23.6 Å². The molecule has 2 fully saturated rings. The second-order valence-electron chi connectivity index (χ2n) is 20.7. The number of nitrogens with one attached hydrogen (secondary N) is 4. The minimum absolute atomic E-state index is 0.0244. The molecule has 0 bridgehead atoms. The summed E-state index contributed by atoms with van der Waals surface area (Å²) in [5, 5.41) is 12.3. The number of hydrogen-bond acceptors (Lipinski definition) is 12. The van der Waals surface area contributed by atoms with Crippen molar-refractivity contribution in [2.45, 2.75) is 53.5 Å². The zero-order chi connectivity index (χ0) is 57.2. The summed E-state index contributed by atoms with van der Waals surface area (Å²) >= 11 is 12.9. The molecule has 6 aromatic carbocycles. The molecule has 418 valence electrons. The predicted octanol–water partition coefficient (Wildman–Crippen LogP) is 9.85. The van der Waals surface area contributed by atoms with Crippen LogP contribution in [-0.4, -0.2) is 112 Å². The average Bonchev–Trinajstić information content (AvgIpc) is 3.45. The normalized spacial score (nSPS) is 14.3. The zero-order valence-electron chi connectivity index (χ0n) is 46.0. The maximum atomic E-state index is 14.2. The van der Waals surface area contributed by atoms with Crippen LogP contribution in [0.2, 0.25) is 10.0 Å². The van der Waals surface area contributed by atoms with Crippen molar-refractivity contribution >= 4 is 92.3 Å². The number of nitrogens with two attached hydrogens (primary N) is 4. The molecule has 0 aromatic heterocycles. The lowest BCUT2D eigenvalue weighted by Crippen LogP contribution is -2.44. The summed E-state index contributed by atoms with van der Waals surface area (Å²) in [6.07, 6.45) is 1.04. The molecule has 2 saturated heterocycles. The van der Waals surface area contributed by atoms with Crippen LogP contribution in [0.4, 0.5) is 49.9 Å². The molecule has 0 radical (unpaired) electrons. The largest absolute Gasteiger partial charge is 0.398 e. The minimum Gasteiger partial charge on any atom is -0.398 e. The summed E-state index contributed by atoms with van der Waals surface area (Å²) < 4.78 is 14.2. The number of halogens is 3. The van der Waals surface area contributed by atoms with Gasteiger partial charge < -0.3 is 63.8 Å². The maximum Gasteiger partial charge on any atom is 0.257 e. The second-order valence-corrected chi connectivity index (χ2v) is 21.4. The van der Waals surface area contributed by atoms with Crippen molar-refractivity contribution in [3.8, 4) is 22.3 Å². The number of benzene rings is 6. The topological polar surface area (TPSA) is 233 Å². The number of carbonyl (C=O) groups excluding carboxylic acids is 4. The predicted molar refractivity (Wildman–Crippen MR) is 323 cm³/mol. The Morgan fingerprint density at radius 3 is 1.43 bits per heavy atom. The molecule has 2 aliphatic rings. The molecular weight excluding hydrogens is 1040 g/mol. The molecule has 2 aliphatic heterocycles. The van der Waals surface area contributed by atoms with E-state index in [2.05, 4.69) is 67.1 Å². The number of piperazine rings is 2. The van der Waals surface area contributed by atoms with Crippen LogP contribution in [-0.2, 0) is 9.59 Å². The molecule has 16 nitrogen and oxygen atoms in total. The smallest absolute Gasteiger partial charge is 0.257 e. The Morgan fingerprint density at radius 2 is 0.987 bits per heavy atom. The standard InChI is InChI=1S/C30H36ClFN6O2.C30H37ClN6O2/c1-17(2)28(34)30(40)35-21-8-5-19(6-9-21)20-7-10-25(38-13-11-37(4)12-14-38)24(15-20)36-29(39)22-16-23(33)27(32)18(3)26(22)31;1-19-20(2)29(31)24(18-25(19)33)30(39)35-26-17-22(8-11-27(26)37-15-13-36(3)14-16-37)21-6-9-23(10-7-21)34-28(38)5-4-12-32/h5-10,15-17,28H,11-14,33-34H2,1-4H3,(H,35,40)(H,36,39);6-11,17-18H,4-5,12-16,32-33H2,1-3H3,(H,34,38)(H,35,39). The molecule has 79 heavy (non-hydrogen) atoms. The van der Waals surface area contributed by atoms with Gasteiger partial charge in [0.2, 0.25) is 11.8 Å². The van der Waals surface area contributed by atoms with Gasteiger partial charge in [0.15, 0.2) is 5.82 Å². The zero-order valence-corrected chi connectivity index (χ0v) is 47.5. The van der Waals surface area contributed by atoms with E-state index in [1.807, 2.05) is 100 Å². The Labute approximate surface area is 472 Å². The molecule has 4 amide bonds. The number of rotatable bonds is 15. The molecule has 0 spiro atoms. The van der Waals surface area contributed by atoms with Crippen LogP contribution >= 0.6 is 23.2 Å². The van der Waals surface area contributed by atoms with Crippen molar-refractivity contribution in [2.75, 3.05) is 116 Å². The van der Waals surface area contributed by atoms with Gasteiger partial charge >= 0.3 is 0 Å². The molecule has 12 N–H and O–H groups in total. The summed E-state index contributed by atoms with van der Waals surface area (Å²) in [7, 11) is 4.19. The molecule has 19 heteroatoms. The quantitative estimate of drug-likeness (QED) is 0.0449. The van der Waals surface area contributed by atoms with E-state index in [1.54, 1.807) is 6.07 Å². The number of amides is 4. The lowest BCUT2D eigenvalue weighted by atomic mass is 10.0. The highest BCUT2D eigenvalue weighted by molar-refractivity contribution is 6.36. The summed E-state index contributed by atoms with van der Waals surface area (Å²) in [6, 6.07) is 29.4. The van der Waals surface area contributed by atoms with Gasteiger partial charge in [-0.25, -0.2) is 4.39 Å². The first-order valence-electron chi connectivity index (χ1n) is 26.5. The monoisotopic (exact) mass is 1110 g/mol. The van der Waals surface area contributed by atoms with Gasteiger partial charge in [-0.15, -0.1) is 0 Å². The third-order valence-corrected chi connectivity index (χ3v) is 15.6. The van der Waals surface area contributed by atoms with Crippen LogP contribution in [0.15, 0.2) is 97.1 Å². The number of carbonyl (C=O) groups is 4. The molecule has 0 saturated carbocycles. The Morgan fingerprint density at radius 1 is 0.570 bits per heavy atom. The van der Waals surface area contributed by atoms with Crippen molar-refractivity contribution in [2.24, 2.45) is 17.4 Å². The lowest BCUT2D eigenvalue weighted by Gasteiger charge is -2.35. The number of nitrogen functional groups attached to an aromatic ring is 2. The van der Waals surface area contributed by atoms with E-state index < -0.39 is 17.8 Å². The molecule has 1 atom stereocenters. The summed E-state index contributed by atoms with van der Waals surface area (Å²) in [6.45, 7) is 16.5. The van der Waals surface area contributed by atoms with E-state index in [0.29, 0.717) is 52.7 Å². The second kappa shape index (κ2) is 26.6. The van der Waals surface area contributed by atoms with Gasteiger partial charge in [0.25, 0.3) is 11.8 Å². The molecule has 0 aliphatic carbocycles. The highest BCUT2D eigenvalue weighted by Crippen LogP contribution is 2.37. The Bertz CT molecular complexity index is 3180. The first kappa shape index (κ1) is 59.4. The third-order valence-electron chi connectivity index (χ3n) is 14.6. The van der Waals surface area contributed by atoms with E-state index in [-0.39, 0.29) is 45.5 Å². The van der Waals surface area contributed by atoms with Crippen LogP contribution in [0.25, 0.3) is 22.3 Å². The Kier molecular flexibility index (Phi) is 20.0. The van der Waals surface area contributed by atoms with Gasteiger partial charge in [-0.05, 0) is 148 Å². The van der Waals surface area contributed by atoms with Crippen LogP contribution in [0.5, 0.6) is 0 Å². The van der Waals surface area contributed by atoms with E-state index in [4.69, 9.17) is 46.1 Å². The molecular formula is C60H73Cl2FN12O4. The van der Waals surface area contributed by atoms with E-state index in [0.717, 1.165) is 103 Å². The average molecular weight is 1120 g/mol. The minimum atomic E-state index is -0.632. The van der Waals surface area contributed by atoms with Crippen LogP contribution in [0, 0.1) is 32.5 Å². The van der Waals surface area contributed by atoms with Crippen molar-refractivity contribution in [1.29, 1.82) is 0 Å². The fraction of sp³-hybridized carbons (Fsp3) is 0.333. The fourth-order valence-electron chi connectivity index (χ4n) is 9.20. The fourth-order valence-corrected chi connectivity index (χ4v) is 9.71. The van der Waals surface area contributed by atoms with Crippen molar-refractivity contribution in [3.63, 3.8) is 0 Å². The van der Waals surface area contributed by atoms with Gasteiger partial charge in [-0.3, -0.25) is 19.2 Å². The van der Waals surface area contributed by atoms with Crippen LogP contribution in [0.3, 0.4) is 0 Å². The number of anilines is 8. The van der Waals surface area contributed by atoms with Crippen LogP contribution in [0.1, 0.15) is 64.1 Å². The first-order chi connectivity index (χ1) is 37.6. The number of nitrogens with zero attached hydrogens (tertiary/aromatic N) is 4. The molecule has 2 heterocycles. The summed E-state index contributed by atoms with van der Waals surface area (Å²) in [5.41, 5.74) is 34.2. The first-order valence-corrected chi connectivity index (χ1v) is 27.2. The van der Waals surface area contributed by atoms with E-state index >= 15 is 0 Å². The Balaban J connectivity index is 0.000000229. The van der Waals surface area contributed by atoms with Crippen LogP contribution < -0.4 is 54.0 Å². The highest BCUT2D eigenvalue weighted by Gasteiger charge is 2.25. The summed E-state index contributed by atoms with van der Waals surface area (Å²) in [4.78, 5) is 60.3. The number of hydrogen-bond donors (Lipinski definition) is 8. The Hall–Kier alpha value is -7.25. The van der Waals surface area contributed by atoms with Gasteiger partial charge in [-0.2, -0.15) is 0 Å². The maximum absolute atomic E-state index is 14.2. The summed E-state index contributed by atoms with van der Waals surface area (Å²) in [5.74, 6) is -1.69. The van der Waals surface area contributed by atoms with Gasteiger partial charge in [0.05, 0.1) is 55.7 Å². The molecule has 8 rings (SSSR count). The number of likely N-dealkylation sites (N-methyl/N-ethyl adjacent to an activating group) is 2. The SMILES string of the molecule is Cc1c(F)c(N)cc(C(=O)Nc2cc(-c3ccc(NC(=O)C(N)C(C)C)cc3)ccc2N2CCN(C)CC2)c1Cl.Cc1c(N)cc(C(=O)Nc2cc(-c3ccc(NC(=O)CCCN)cc3)ccc2N2CCN(C)CC2)c(Cl)c1C.